The van der Waals surface area contributed by atoms with Crippen LogP contribution in [0.15, 0.2) is 33.9 Å². The van der Waals surface area contributed by atoms with Crippen LogP contribution in [-0.2, 0) is 31.7 Å². The molecule has 2 aliphatic rings. The van der Waals surface area contributed by atoms with Gasteiger partial charge in [-0.3, -0.25) is 19.2 Å². The second-order valence-electron chi connectivity index (χ2n) is 7.78. The highest BCUT2D eigenvalue weighted by molar-refractivity contribution is 7.98. The van der Waals surface area contributed by atoms with E-state index in [1.165, 1.54) is 11.1 Å². The normalized spacial score (nSPS) is 18.2. The van der Waals surface area contributed by atoms with E-state index in [1.807, 2.05) is 0 Å². The van der Waals surface area contributed by atoms with Gasteiger partial charge in [-0.1, -0.05) is 24.3 Å². The Bertz CT molecular complexity index is 927. The van der Waals surface area contributed by atoms with Crippen molar-refractivity contribution >= 4 is 11.8 Å². The smallest absolute Gasteiger partial charge is 0.304 e. The first kappa shape index (κ1) is 19.5. The monoisotopic (exact) mass is 400 g/mol. The number of H-pyrrole nitrogens is 1. The molecule has 1 aromatic heterocycles. The molecule has 0 aliphatic carbocycles. The third-order valence-corrected chi connectivity index (χ3v) is 6.78. The number of aromatic amines is 1. The number of rotatable bonds is 5. The molecule has 1 fully saturated rings. The number of thioether (sulfide) groups is 1. The SMILES string of the molecule is CN1CCN(Cc2ccc(CCn3c4c(c(=O)[nH]c3=O)CSCC4)cc2)CC1. The van der Waals surface area contributed by atoms with E-state index < -0.39 is 0 Å². The van der Waals surface area contributed by atoms with Crippen LogP contribution < -0.4 is 11.2 Å². The van der Waals surface area contributed by atoms with Crippen molar-refractivity contribution < 1.29 is 0 Å². The van der Waals surface area contributed by atoms with Crippen molar-refractivity contribution in [2.45, 2.75) is 31.7 Å². The number of nitrogens with zero attached hydrogens (tertiary/aromatic N) is 3. The molecule has 0 atom stereocenters. The van der Waals surface area contributed by atoms with Gasteiger partial charge in [0.25, 0.3) is 5.56 Å². The molecule has 0 amide bonds. The molecular weight excluding hydrogens is 372 g/mol. The van der Waals surface area contributed by atoms with Gasteiger partial charge in [0.05, 0.1) is 0 Å². The highest BCUT2D eigenvalue weighted by Crippen LogP contribution is 2.20. The zero-order valence-electron chi connectivity index (χ0n) is 16.4. The third kappa shape index (κ3) is 4.42. The summed E-state index contributed by atoms with van der Waals surface area (Å²) in [5.74, 6) is 1.67. The summed E-state index contributed by atoms with van der Waals surface area (Å²) in [4.78, 5) is 31.7. The summed E-state index contributed by atoms with van der Waals surface area (Å²) in [6.07, 6.45) is 1.59. The lowest BCUT2D eigenvalue weighted by atomic mass is 10.1. The molecule has 0 bridgehead atoms. The quantitative estimate of drug-likeness (QED) is 0.820. The summed E-state index contributed by atoms with van der Waals surface area (Å²) in [5, 5.41) is 0. The zero-order chi connectivity index (χ0) is 19.5. The number of likely N-dealkylation sites (N-methyl/N-ethyl adjacent to an activating group) is 1. The lowest BCUT2D eigenvalue weighted by Crippen LogP contribution is -2.43. The molecule has 4 rings (SSSR count). The van der Waals surface area contributed by atoms with Gasteiger partial charge in [0.2, 0.25) is 0 Å². The van der Waals surface area contributed by atoms with Crippen LogP contribution in [0.2, 0.25) is 0 Å². The Balaban J connectivity index is 1.41. The van der Waals surface area contributed by atoms with E-state index in [2.05, 4.69) is 46.1 Å². The van der Waals surface area contributed by atoms with E-state index >= 15 is 0 Å². The summed E-state index contributed by atoms with van der Waals surface area (Å²) in [6, 6.07) is 8.75. The summed E-state index contributed by atoms with van der Waals surface area (Å²) in [5.41, 5.74) is 3.78. The first-order valence-electron chi connectivity index (χ1n) is 10.0. The average molecular weight is 401 g/mol. The van der Waals surface area contributed by atoms with Crippen LogP contribution >= 0.6 is 11.8 Å². The molecule has 150 valence electrons. The Hall–Kier alpha value is -1.83. The van der Waals surface area contributed by atoms with Gasteiger partial charge < -0.3 is 4.90 Å². The minimum absolute atomic E-state index is 0.211. The van der Waals surface area contributed by atoms with Crippen molar-refractivity contribution in [2.75, 3.05) is 39.0 Å². The van der Waals surface area contributed by atoms with Crippen molar-refractivity contribution in [1.82, 2.24) is 19.4 Å². The molecule has 1 aromatic carbocycles. The minimum atomic E-state index is -0.276. The maximum absolute atomic E-state index is 12.3. The number of aryl methyl sites for hydroxylation is 1. The molecule has 28 heavy (non-hydrogen) atoms. The first-order chi connectivity index (χ1) is 13.6. The Morgan fingerprint density at radius 3 is 2.50 bits per heavy atom. The van der Waals surface area contributed by atoms with Crippen molar-refractivity contribution in [2.24, 2.45) is 0 Å². The first-order valence-corrected chi connectivity index (χ1v) is 11.2. The Morgan fingerprint density at radius 1 is 1.04 bits per heavy atom. The summed E-state index contributed by atoms with van der Waals surface area (Å²) < 4.78 is 1.77. The standard InChI is InChI=1S/C21H28N4O2S/c1-23-9-11-24(12-10-23)14-17-4-2-16(3-5-17)6-8-25-19-7-13-28-15-18(19)20(26)22-21(25)27/h2-5H,6-15H2,1H3,(H,22,26,27). The second-order valence-corrected chi connectivity index (χ2v) is 8.89. The lowest BCUT2D eigenvalue weighted by Gasteiger charge is -2.32. The highest BCUT2D eigenvalue weighted by Gasteiger charge is 2.18. The molecule has 0 radical (unpaired) electrons. The molecule has 0 spiro atoms. The molecule has 6 nitrogen and oxygen atoms in total. The van der Waals surface area contributed by atoms with Gasteiger partial charge >= 0.3 is 5.69 Å². The maximum atomic E-state index is 12.3. The number of fused-ring (bicyclic) bond motifs is 1. The maximum Gasteiger partial charge on any atom is 0.328 e. The van der Waals surface area contributed by atoms with Gasteiger partial charge in [0, 0.05) is 56.3 Å². The topological polar surface area (TPSA) is 61.3 Å². The fraction of sp³-hybridized carbons (Fsp3) is 0.524. The number of nitrogens with one attached hydrogen (secondary N) is 1. The largest absolute Gasteiger partial charge is 0.328 e. The Morgan fingerprint density at radius 2 is 1.75 bits per heavy atom. The van der Waals surface area contributed by atoms with E-state index in [0.29, 0.717) is 12.3 Å². The van der Waals surface area contributed by atoms with Gasteiger partial charge in [-0.15, -0.1) is 0 Å². The summed E-state index contributed by atoms with van der Waals surface area (Å²) in [6.45, 7) is 6.12. The minimum Gasteiger partial charge on any atom is -0.304 e. The molecule has 1 N–H and O–H groups in total. The van der Waals surface area contributed by atoms with E-state index in [0.717, 1.165) is 62.6 Å². The van der Waals surface area contributed by atoms with Gasteiger partial charge in [0.15, 0.2) is 0 Å². The molecule has 0 saturated carbocycles. The molecule has 2 aliphatic heterocycles. The van der Waals surface area contributed by atoms with Crippen LogP contribution in [0.1, 0.15) is 22.4 Å². The van der Waals surface area contributed by atoms with Crippen molar-refractivity contribution in [3.05, 3.63) is 67.5 Å². The summed E-state index contributed by atoms with van der Waals surface area (Å²) >= 11 is 1.75. The number of piperazine rings is 1. The van der Waals surface area contributed by atoms with Gasteiger partial charge in [-0.25, -0.2) is 4.79 Å². The second kappa shape index (κ2) is 8.68. The Kier molecular flexibility index (Phi) is 6.04. The van der Waals surface area contributed by atoms with Gasteiger partial charge in [-0.05, 0) is 36.8 Å². The van der Waals surface area contributed by atoms with Crippen LogP contribution in [-0.4, -0.2) is 58.3 Å². The lowest BCUT2D eigenvalue weighted by molar-refractivity contribution is 0.148. The van der Waals surface area contributed by atoms with Crippen molar-refractivity contribution in [3.63, 3.8) is 0 Å². The van der Waals surface area contributed by atoms with E-state index in [1.54, 1.807) is 16.3 Å². The van der Waals surface area contributed by atoms with E-state index in [9.17, 15) is 9.59 Å². The molecule has 2 aromatic rings. The fourth-order valence-corrected chi connectivity index (χ4v) is 4.97. The highest BCUT2D eigenvalue weighted by atomic mass is 32.2. The third-order valence-electron chi connectivity index (χ3n) is 5.79. The van der Waals surface area contributed by atoms with Crippen LogP contribution in [0.3, 0.4) is 0 Å². The van der Waals surface area contributed by atoms with E-state index in [-0.39, 0.29) is 11.2 Å². The number of benzene rings is 1. The molecular formula is C21H28N4O2S. The van der Waals surface area contributed by atoms with Crippen LogP contribution in [0.25, 0.3) is 0 Å². The van der Waals surface area contributed by atoms with Crippen LogP contribution in [0.5, 0.6) is 0 Å². The van der Waals surface area contributed by atoms with Crippen LogP contribution in [0, 0.1) is 0 Å². The zero-order valence-corrected chi connectivity index (χ0v) is 17.3. The predicted octanol–water partition coefficient (Wildman–Crippen LogP) is 1.32. The van der Waals surface area contributed by atoms with Crippen molar-refractivity contribution in [1.29, 1.82) is 0 Å². The molecule has 1 saturated heterocycles. The number of hydrogen-bond acceptors (Lipinski definition) is 5. The number of hydrogen-bond donors (Lipinski definition) is 1. The van der Waals surface area contributed by atoms with Gasteiger partial charge in [-0.2, -0.15) is 11.8 Å². The van der Waals surface area contributed by atoms with Crippen molar-refractivity contribution in [3.8, 4) is 0 Å². The average Bonchev–Trinajstić information content (AvgIpc) is 2.71. The van der Waals surface area contributed by atoms with E-state index in [4.69, 9.17) is 0 Å². The summed E-state index contributed by atoms with van der Waals surface area (Å²) in [7, 11) is 2.18. The molecule has 0 unspecified atom stereocenters. The van der Waals surface area contributed by atoms with Crippen LogP contribution in [0.4, 0.5) is 0 Å². The Labute approximate surface area is 169 Å². The molecule has 7 heteroatoms. The van der Waals surface area contributed by atoms with Gasteiger partial charge in [0.1, 0.15) is 0 Å². The fourth-order valence-electron chi connectivity index (χ4n) is 3.99. The molecule has 3 heterocycles. The predicted molar refractivity (Wildman–Crippen MR) is 114 cm³/mol. The number of aromatic nitrogens is 2.